The van der Waals surface area contributed by atoms with Crippen molar-refractivity contribution < 1.29 is 2690 Å². The molecular formula is C3H12V145. The molecule has 0 saturated carbocycles. The van der Waals surface area contributed by atoms with E-state index in [9.17, 15) is 0 Å². The van der Waals surface area contributed by atoms with Crippen LogP contribution in [-0.2, 0) is 2690 Å². The Labute approximate surface area is 2630 Å². The molecule has 0 amide bonds. The molecule has 0 saturated heterocycles. The Morgan fingerprint density at radius 1 is 0.0135 bits per heavy atom. The van der Waals surface area contributed by atoms with Crippen molar-refractivity contribution in [3.05, 3.63) is 0 Å². The van der Waals surface area contributed by atoms with Gasteiger partial charge in [0.25, 0.3) is 0 Å². The number of hydrogen-bond donors (Lipinski definition) is 0. The average molecular weight is 7440 g/mol. The van der Waals surface area contributed by atoms with Crippen LogP contribution < -0.4 is 0 Å². The Morgan fingerprint density at radius 2 is 0.0135 bits per heavy atom. The van der Waals surface area contributed by atoms with Crippen molar-refractivity contribution in [3.63, 3.8) is 0 Å². The summed E-state index contributed by atoms with van der Waals surface area (Å²) in [5.74, 6) is 0. The Hall–Kier alpha value is 84.7. The number of hydrogen-bond acceptors (Lipinski definition) is 0. The molecule has 0 atom stereocenters. The smallest absolute Gasteiger partial charge is 0 e. The molecule has 0 fully saturated rings. The first kappa shape index (κ1) is 1740. The average Bonchev–Trinajstić information content (AvgIpc) is 0. The van der Waals surface area contributed by atoms with Gasteiger partial charge in [-0.1, -0.05) is 22.3 Å². The molecule has 0 N–H and O–H groups in total. The van der Waals surface area contributed by atoms with Crippen LogP contribution in [0.1, 0.15) is 22.3 Å². The predicted molar refractivity (Wildman–Crippen MR) is 20.2 cm³/mol. The molecule has 148 heavy (non-hydrogen) atoms. The van der Waals surface area contributed by atoms with Crippen molar-refractivity contribution >= 4 is 0 Å². The van der Waals surface area contributed by atoms with Crippen LogP contribution in [0.25, 0.3) is 0 Å². The summed E-state index contributed by atoms with van der Waals surface area (Å²) in [4.78, 5) is 0. The van der Waals surface area contributed by atoms with Crippen molar-refractivity contribution in [1.29, 1.82) is 0 Å². The summed E-state index contributed by atoms with van der Waals surface area (Å²) in [6.07, 6.45) is 0. The Bertz CT molecular complexity index is 21.2. The first-order chi connectivity index (χ1) is 0. The van der Waals surface area contributed by atoms with E-state index in [1.165, 1.54) is 0 Å². The molecule has 0 nitrogen and oxygen atoms in total. The van der Waals surface area contributed by atoms with E-state index in [4.69, 9.17) is 0 Å². The summed E-state index contributed by atoms with van der Waals surface area (Å²) in [6, 6.07) is 0. The third-order valence-electron chi connectivity index (χ3n) is 0. The van der Waals surface area contributed by atoms with Crippen LogP contribution in [0.5, 0.6) is 0 Å². The fourth-order valence-corrected chi connectivity index (χ4v) is 0. The minimum atomic E-state index is 0. The molecule has 749 valence electrons. The second-order valence-electron chi connectivity index (χ2n) is 0. The molecule has 0 aromatic heterocycles. The largest absolute Gasteiger partial charge is 0.0776 e. The monoisotopic (exact) mass is 7430 g/mol. The van der Waals surface area contributed by atoms with Gasteiger partial charge in [0.1, 0.15) is 0 Å². The molecule has 0 rings (SSSR count). The second-order valence-corrected chi connectivity index (χ2v) is 0. The molecule has 145 heteroatoms. The van der Waals surface area contributed by atoms with E-state index in [2.05, 4.69) is 0 Å². The van der Waals surface area contributed by atoms with E-state index in [1.807, 2.05) is 0 Å². The maximum atomic E-state index is 0. The molecule has 0 unspecified atom stereocenters. The van der Waals surface area contributed by atoms with Crippen LogP contribution in [0.3, 0.4) is 0 Å². The molecule has 0 aliphatic rings. The van der Waals surface area contributed by atoms with Gasteiger partial charge < -0.3 is 0 Å². The summed E-state index contributed by atoms with van der Waals surface area (Å²) in [7, 11) is 0. The fourth-order valence-electron chi connectivity index (χ4n) is 0. The van der Waals surface area contributed by atoms with E-state index in [0.717, 1.165) is 0 Å². The predicted octanol–water partition coefficient (Wildman–Crippen LogP) is 1.55. The first-order valence-corrected chi connectivity index (χ1v) is 0. The van der Waals surface area contributed by atoms with Crippen molar-refractivity contribution in [2.75, 3.05) is 0 Å². The van der Waals surface area contributed by atoms with E-state index < -0.39 is 0 Å². The Kier molecular flexibility index (Phi) is 20200. The molecular weight excluding hydrogens is 7420 g/mol. The van der Waals surface area contributed by atoms with Crippen molar-refractivity contribution in [1.82, 2.24) is 0 Å². The van der Waals surface area contributed by atoms with Gasteiger partial charge in [0.2, 0.25) is 0 Å². The third kappa shape index (κ3) is 1700. The summed E-state index contributed by atoms with van der Waals surface area (Å²) >= 11 is 0. The molecule has 0 aliphatic heterocycles. The molecule has 0 aliphatic carbocycles. The molecule has 0 heterocycles. The van der Waals surface area contributed by atoms with Crippen LogP contribution in [0, 0.1) is 0 Å². The third-order valence-corrected chi connectivity index (χ3v) is 0. The summed E-state index contributed by atoms with van der Waals surface area (Å²) in [5.41, 5.74) is 0. The minimum Gasteiger partial charge on any atom is -0.0776 e. The molecule has 0 bridgehead atoms. The van der Waals surface area contributed by atoms with Gasteiger partial charge in [-0.2, -0.15) is 0 Å². The summed E-state index contributed by atoms with van der Waals surface area (Å²) < 4.78 is 0. The van der Waals surface area contributed by atoms with Gasteiger partial charge in [-0.15, -0.1) is 0 Å². The number of rotatable bonds is 0. The second kappa shape index (κ2) is 1720. The van der Waals surface area contributed by atoms with Crippen LogP contribution in [-0.4, -0.2) is 0 Å². The quantitative estimate of drug-likeness (QED) is 0.346. The van der Waals surface area contributed by atoms with E-state index >= 15 is 0 Å². The molecule has 0 aromatic rings. The maximum Gasteiger partial charge on any atom is 0 e. The zero-order valence-corrected chi connectivity index (χ0v) is 267. The van der Waals surface area contributed by atoms with Crippen molar-refractivity contribution in [2.24, 2.45) is 0 Å². The van der Waals surface area contributed by atoms with Gasteiger partial charge in [-0.25, -0.2) is 0 Å². The van der Waals surface area contributed by atoms with E-state index in [1.54, 1.807) is 0 Å². The zero-order valence-electron chi connectivity index (χ0n) is 64.8. The van der Waals surface area contributed by atoms with Gasteiger partial charge in [-0.05, 0) is 0 Å². The SMILES string of the molecule is C.C.C.[V].[V].[V].[V].[V].[V].[V].[V].[V].[V].[V].[V].[V].[V].[V].[V].[V].[V].[V].[V].[V].[V].[V].[V].[V].[V].[V].[V].[V].[V].[V].[V].[V].[V].[V].[V].[V].[V].[V].[V].[V].[V].[V].[V].[V].[V].[V].[V].[V].[V].[V].[V].[V].[V].[V].[V].[V].[V].[V].[V].[V].[V].[V].[V].[V].[V].[V].[V].[V].[V].[V].[V].[V].[V].[V].[V].[V].[V].[V].[V].[V].[V].[V].[V].[V].[V].[V].[V].[V].[V].[V].[V].[V].[V].[V].[V].[V].[V].[V].[V].[V].[V].[V].[V].[V].[V].[V].[V].[V].[V].[V].[V].[V].[V].[V].[V].[V].[V].[V].[V].[V].[V].[V].[V].[V].[V].[V].[V].[V].[V].[V].[V].[V].[V].[V].[V].[V].[V].[V].[V].[V].[V].[V].[V].[V]. The molecule has 0 spiro atoms. The van der Waals surface area contributed by atoms with Gasteiger partial charge in [-0.3, -0.25) is 0 Å². The summed E-state index contributed by atoms with van der Waals surface area (Å²) in [6.45, 7) is 0. The van der Waals surface area contributed by atoms with Crippen LogP contribution in [0.15, 0.2) is 0 Å². The molecule has 0 aromatic carbocycles. The van der Waals surface area contributed by atoms with Gasteiger partial charge in [0.15, 0.2) is 0 Å². The van der Waals surface area contributed by atoms with E-state index in [0.29, 0.717) is 0 Å². The van der Waals surface area contributed by atoms with Gasteiger partial charge in [0, 0.05) is 2690 Å². The van der Waals surface area contributed by atoms with Crippen LogP contribution in [0.4, 0.5) is 0 Å². The van der Waals surface area contributed by atoms with E-state index in [-0.39, 0.29) is 2710 Å². The zero-order chi connectivity index (χ0) is 0. The first-order valence-electron chi connectivity index (χ1n) is 0. The Balaban J connectivity index is 0. The van der Waals surface area contributed by atoms with Crippen LogP contribution >= 0.6 is 0 Å². The van der Waals surface area contributed by atoms with Crippen LogP contribution in [0.2, 0.25) is 0 Å². The van der Waals surface area contributed by atoms with Gasteiger partial charge >= 0.3 is 0 Å². The summed E-state index contributed by atoms with van der Waals surface area (Å²) in [5, 5.41) is 0. The normalized spacial score (nSPS) is 0. The topological polar surface area (TPSA) is 0 Å². The van der Waals surface area contributed by atoms with Crippen molar-refractivity contribution in [2.45, 2.75) is 22.3 Å². The van der Waals surface area contributed by atoms with Crippen molar-refractivity contribution in [3.8, 4) is 0 Å². The fraction of sp³-hybridized carbons (Fsp3) is 1.00. The Morgan fingerprint density at radius 3 is 0.0135 bits per heavy atom. The maximum absolute atomic E-state index is 0. The standard InChI is InChI=1S/3CH4.145V/h3*1H4;;;;;;;;;;;;;;;;;;;;;;;;;;;;;;;;;;;;;;;;;;;;;;;;;;;;;;;;;;;;;;;;;;;;;;;;;;;;;;;;;;;;;;;;;;;;;;;;;;;;;;;;;;;;;;;;;;;;;;;;;;;;;;;;;;;;;;;;;;;;;;;;;. The van der Waals surface area contributed by atoms with Gasteiger partial charge in [0.05, 0.1) is 0 Å². The minimum absolute atomic E-state index is 0. The molecule has 145 radical (unpaired) electrons.